The van der Waals surface area contributed by atoms with Crippen LogP contribution < -0.4 is 16.0 Å². The number of nitrogens with two attached hydrogens (primary N) is 1. The summed E-state index contributed by atoms with van der Waals surface area (Å²) in [5.74, 6) is -0.116. The Morgan fingerprint density at radius 2 is 1.88 bits per heavy atom. The topological polar surface area (TPSA) is 78.6 Å². The van der Waals surface area contributed by atoms with Gasteiger partial charge in [0.1, 0.15) is 11.6 Å². The first-order valence-electron chi connectivity index (χ1n) is 8.40. The van der Waals surface area contributed by atoms with Gasteiger partial charge < -0.3 is 21.1 Å². The first kappa shape index (κ1) is 17.1. The number of hydrogen-bond donors (Lipinski definition) is 3. The van der Waals surface area contributed by atoms with E-state index in [1.807, 2.05) is 0 Å². The fraction of sp³-hybridized carbons (Fsp3) is 0.316. The van der Waals surface area contributed by atoms with E-state index in [9.17, 15) is 14.3 Å². The number of nitrogens with zero attached hydrogens (tertiary/aromatic N) is 1. The van der Waals surface area contributed by atoms with Gasteiger partial charge in [-0.3, -0.25) is 4.79 Å². The smallest absolute Gasteiger partial charge is 0.251 e. The minimum Gasteiger partial charge on any atom is -0.506 e. The average Bonchev–Trinajstić information content (AvgIpc) is 2.63. The van der Waals surface area contributed by atoms with E-state index in [0.29, 0.717) is 18.0 Å². The molecule has 25 heavy (non-hydrogen) atoms. The molecular formula is C19H22FN3O2. The van der Waals surface area contributed by atoms with Gasteiger partial charge >= 0.3 is 0 Å². The number of piperidine rings is 1. The molecule has 4 N–H and O–H groups in total. The number of phenols is 1. The molecule has 1 aliphatic rings. The van der Waals surface area contributed by atoms with Crippen LogP contribution in [0.4, 0.5) is 15.8 Å². The SMILES string of the molecule is Nc1ccc(C(=O)NCC2CCN(c3ccc(F)cc3)CC2)cc1O. The van der Waals surface area contributed by atoms with Gasteiger partial charge in [0.2, 0.25) is 0 Å². The van der Waals surface area contributed by atoms with Crippen LogP contribution in [0.3, 0.4) is 0 Å². The molecule has 1 fully saturated rings. The quantitative estimate of drug-likeness (QED) is 0.589. The third-order valence-electron chi connectivity index (χ3n) is 4.65. The molecule has 1 aliphatic heterocycles. The largest absolute Gasteiger partial charge is 0.506 e. The summed E-state index contributed by atoms with van der Waals surface area (Å²) in [6, 6.07) is 11.0. The van der Waals surface area contributed by atoms with Crippen molar-refractivity contribution in [2.24, 2.45) is 5.92 Å². The maximum Gasteiger partial charge on any atom is 0.251 e. The Hall–Kier alpha value is -2.76. The molecule has 0 radical (unpaired) electrons. The molecule has 0 spiro atoms. The number of nitrogen functional groups attached to an aromatic ring is 1. The van der Waals surface area contributed by atoms with Crippen LogP contribution in [-0.2, 0) is 0 Å². The second-order valence-corrected chi connectivity index (χ2v) is 6.39. The molecule has 132 valence electrons. The van der Waals surface area contributed by atoms with E-state index in [1.165, 1.54) is 24.3 Å². The summed E-state index contributed by atoms with van der Waals surface area (Å²) in [7, 11) is 0. The first-order chi connectivity index (χ1) is 12.0. The Labute approximate surface area is 146 Å². The number of halogens is 1. The first-order valence-corrected chi connectivity index (χ1v) is 8.40. The predicted octanol–water partition coefficient (Wildman–Crippen LogP) is 2.76. The average molecular weight is 343 g/mol. The van der Waals surface area contributed by atoms with Crippen molar-refractivity contribution in [2.75, 3.05) is 30.3 Å². The number of hydrogen-bond acceptors (Lipinski definition) is 4. The lowest BCUT2D eigenvalue weighted by Gasteiger charge is -2.33. The molecule has 5 nitrogen and oxygen atoms in total. The molecule has 0 saturated carbocycles. The number of phenolic OH excluding ortho intramolecular Hbond substituents is 1. The van der Waals surface area contributed by atoms with Gasteiger partial charge in [-0.15, -0.1) is 0 Å². The Morgan fingerprint density at radius 3 is 2.52 bits per heavy atom. The Morgan fingerprint density at radius 1 is 1.20 bits per heavy atom. The lowest BCUT2D eigenvalue weighted by molar-refractivity contribution is 0.0944. The van der Waals surface area contributed by atoms with Gasteiger partial charge in [0.05, 0.1) is 5.69 Å². The summed E-state index contributed by atoms with van der Waals surface area (Å²) in [6.45, 7) is 2.37. The maximum absolute atomic E-state index is 13.0. The van der Waals surface area contributed by atoms with Crippen molar-refractivity contribution >= 4 is 17.3 Å². The Kier molecular flexibility index (Phi) is 5.07. The number of carbonyl (C=O) groups is 1. The molecule has 0 atom stereocenters. The molecule has 0 unspecified atom stereocenters. The minimum atomic E-state index is -0.227. The van der Waals surface area contributed by atoms with Crippen LogP contribution in [0.15, 0.2) is 42.5 Å². The number of rotatable bonds is 4. The molecule has 2 aromatic rings. The molecule has 6 heteroatoms. The standard InChI is InChI=1S/C19H22FN3O2/c20-15-2-4-16(5-3-15)23-9-7-13(8-10-23)12-22-19(25)14-1-6-17(21)18(24)11-14/h1-6,11,13,24H,7-10,12,21H2,(H,22,25). The summed E-state index contributed by atoms with van der Waals surface area (Å²) < 4.78 is 13.0. The number of aromatic hydroxyl groups is 1. The second-order valence-electron chi connectivity index (χ2n) is 6.39. The molecule has 3 rings (SSSR count). The second kappa shape index (κ2) is 7.42. The summed E-state index contributed by atoms with van der Waals surface area (Å²) in [6.07, 6.45) is 1.93. The third kappa shape index (κ3) is 4.21. The van der Waals surface area contributed by atoms with Crippen LogP contribution in [0, 0.1) is 11.7 Å². The van der Waals surface area contributed by atoms with Crippen LogP contribution in [0.5, 0.6) is 5.75 Å². The summed E-state index contributed by atoms with van der Waals surface area (Å²) in [4.78, 5) is 14.4. The van der Waals surface area contributed by atoms with Crippen LogP contribution in [0.2, 0.25) is 0 Å². The number of benzene rings is 2. The molecule has 0 bridgehead atoms. The predicted molar refractivity (Wildman–Crippen MR) is 96.2 cm³/mol. The van der Waals surface area contributed by atoms with Crippen molar-refractivity contribution in [3.05, 3.63) is 53.8 Å². The van der Waals surface area contributed by atoms with Crippen molar-refractivity contribution in [3.8, 4) is 5.75 Å². The molecule has 1 heterocycles. The van der Waals surface area contributed by atoms with Crippen LogP contribution in [-0.4, -0.2) is 30.6 Å². The van der Waals surface area contributed by atoms with Gasteiger partial charge in [0.25, 0.3) is 5.91 Å². The molecule has 2 aromatic carbocycles. The van der Waals surface area contributed by atoms with Gasteiger partial charge in [-0.2, -0.15) is 0 Å². The van der Waals surface area contributed by atoms with E-state index >= 15 is 0 Å². The van der Waals surface area contributed by atoms with Crippen LogP contribution >= 0.6 is 0 Å². The fourth-order valence-electron chi connectivity index (χ4n) is 3.07. The zero-order valence-corrected chi connectivity index (χ0v) is 13.9. The molecular weight excluding hydrogens is 321 g/mol. The minimum absolute atomic E-state index is 0.0831. The maximum atomic E-state index is 13.0. The number of nitrogens with one attached hydrogen (secondary N) is 1. The van der Waals surface area contributed by atoms with Gasteiger partial charge in [-0.1, -0.05) is 0 Å². The van der Waals surface area contributed by atoms with Crippen LogP contribution in [0.1, 0.15) is 23.2 Å². The highest BCUT2D eigenvalue weighted by molar-refractivity contribution is 5.95. The van der Waals surface area contributed by atoms with Gasteiger partial charge in [-0.25, -0.2) is 4.39 Å². The molecule has 1 saturated heterocycles. The summed E-state index contributed by atoms with van der Waals surface area (Å²) >= 11 is 0. The monoisotopic (exact) mass is 343 g/mol. The number of amides is 1. The Bertz CT molecular complexity index is 741. The van der Waals surface area contributed by atoms with Crippen molar-refractivity contribution in [3.63, 3.8) is 0 Å². The molecule has 1 amide bonds. The van der Waals surface area contributed by atoms with Crippen LogP contribution in [0.25, 0.3) is 0 Å². The Balaban J connectivity index is 1.48. The van der Waals surface area contributed by atoms with Crippen molar-refractivity contribution < 1.29 is 14.3 Å². The van der Waals surface area contributed by atoms with E-state index in [4.69, 9.17) is 5.73 Å². The highest BCUT2D eigenvalue weighted by atomic mass is 19.1. The van der Waals surface area contributed by atoms with E-state index in [-0.39, 0.29) is 23.2 Å². The van der Waals surface area contributed by atoms with E-state index < -0.39 is 0 Å². The fourth-order valence-corrected chi connectivity index (χ4v) is 3.07. The van der Waals surface area contributed by atoms with E-state index in [0.717, 1.165) is 31.6 Å². The molecule has 0 aromatic heterocycles. The van der Waals surface area contributed by atoms with Crippen molar-refractivity contribution in [1.82, 2.24) is 5.32 Å². The van der Waals surface area contributed by atoms with Crippen molar-refractivity contribution in [1.29, 1.82) is 0 Å². The van der Waals surface area contributed by atoms with Crippen molar-refractivity contribution in [2.45, 2.75) is 12.8 Å². The zero-order chi connectivity index (χ0) is 17.8. The summed E-state index contributed by atoms with van der Waals surface area (Å²) in [5, 5.41) is 12.5. The van der Waals surface area contributed by atoms with Gasteiger partial charge in [0.15, 0.2) is 0 Å². The highest BCUT2D eigenvalue weighted by Gasteiger charge is 2.20. The molecule has 0 aliphatic carbocycles. The third-order valence-corrected chi connectivity index (χ3v) is 4.65. The van der Waals surface area contributed by atoms with Gasteiger partial charge in [-0.05, 0) is 61.2 Å². The van der Waals surface area contributed by atoms with E-state index in [1.54, 1.807) is 18.2 Å². The number of anilines is 2. The summed E-state index contributed by atoms with van der Waals surface area (Å²) in [5.41, 5.74) is 7.22. The lowest BCUT2D eigenvalue weighted by Crippen LogP contribution is -2.38. The lowest BCUT2D eigenvalue weighted by atomic mass is 9.96. The normalized spacial score (nSPS) is 15.2. The highest BCUT2D eigenvalue weighted by Crippen LogP contribution is 2.24. The zero-order valence-electron chi connectivity index (χ0n) is 13.9. The number of carbonyl (C=O) groups excluding carboxylic acids is 1. The van der Waals surface area contributed by atoms with Gasteiger partial charge in [0, 0.05) is 30.9 Å². The van der Waals surface area contributed by atoms with E-state index in [2.05, 4.69) is 10.2 Å².